The molecule has 0 aliphatic heterocycles. The number of esters is 2. The quantitative estimate of drug-likeness (QED) is 0.0489. The van der Waals surface area contributed by atoms with Gasteiger partial charge < -0.3 is 25.6 Å². The Morgan fingerprint density at radius 3 is 1.33 bits per heavy atom. The summed E-state index contributed by atoms with van der Waals surface area (Å²) < 4.78 is 16.1. The molecule has 19 nitrogen and oxygen atoms in total. The van der Waals surface area contributed by atoms with Gasteiger partial charge in [0.15, 0.2) is 0 Å². The summed E-state index contributed by atoms with van der Waals surface area (Å²) in [6, 6.07) is 53.0. The van der Waals surface area contributed by atoms with Crippen LogP contribution in [0.25, 0.3) is 44.1 Å². The van der Waals surface area contributed by atoms with Gasteiger partial charge in [0, 0.05) is 46.6 Å². The molecular weight excluding hydrogens is 1260 g/mol. The van der Waals surface area contributed by atoms with Crippen LogP contribution in [0.2, 0.25) is 0 Å². The smallest absolute Gasteiger partial charge is 0.339 e. The van der Waals surface area contributed by atoms with E-state index in [0.717, 1.165) is 66.3 Å². The summed E-state index contributed by atoms with van der Waals surface area (Å²) >= 11 is 6.97. The Morgan fingerprint density at radius 2 is 0.944 bits per heavy atom. The number of rotatable bonds is 15. The number of fused-ring (bicyclic) bond motifs is 2. The van der Waals surface area contributed by atoms with Crippen molar-refractivity contribution in [2.45, 2.75) is 91.8 Å². The molecule has 8 aromatic carbocycles. The summed E-state index contributed by atoms with van der Waals surface area (Å²) in [5.41, 5.74) is 15.1. The number of carbonyl (C=O) groups is 4. The second kappa shape index (κ2) is 28.0. The summed E-state index contributed by atoms with van der Waals surface area (Å²) in [5, 5.41) is 44.1. The molecule has 4 N–H and O–H groups in total. The average molecular weight is 1330 g/mol. The normalized spacial score (nSPS) is 11.9. The van der Waals surface area contributed by atoms with E-state index in [9.17, 15) is 44.5 Å². The lowest BCUT2D eigenvalue weighted by Crippen LogP contribution is -2.26. The maximum atomic E-state index is 13.0. The van der Waals surface area contributed by atoms with E-state index < -0.39 is 27.0 Å². The molecule has 0 aliphatic rings. The number of nitrogens with one attached hydrogen (secondary N) is 1. The zero-order valence-corrected chi connectivity index (χ0v) is 53.1. The summed E-state index contributed by atoms with van der Waals surface area (Å²) in [7, 11) is 0. The number of nitro groups is 2. The van der Waals surface area contributed by atoms with Crippen LogP contribution in [0.5, 0.6) is 0 Å². The standard InChI is InChI=1S/C34H31BrN4O5.C26H23BrN2O4.C8H10N2O2/c1-21(23-13-16-26(17-14-23)39(42)43)36-32(40)25-15-18-30-29(19-25)31(35)37-38(30)20-22-9-11-24(12-10-22)27-7-5-6-8-28(27)33(41)44-34(2,3)4;1-26(2,3)33-25(32)20-7-5-4-6-19(20)17-10-8-16(9-11-17)15-29-22-13-12-18(24(30)31)14-21(22)23(27)28-29;1-6(9)7-2-4-8(5-3-7)10(11)12/h5-19,21H,20H2,1-4H3,(H,36,40);4-14H,15H2,1-3H3,(H,30,31);2-6H,9H2,1H3/t21-;;6-/m0.0/s1. The van der Waals surface area contributed by atoms with Gasteiger partial charge in [0.2, 0.25) is 0 Å². The molecule has 456 valence electrons. The minimum absolute atomic E-state index is 0.000868. The maximum absolute atomic E-state index is 13.0. The van der Waals surface area contributed by atoms with E-state index in [0.29, 0.717) is 39.0 Å². The van der Waals surface area contributed by atoms with Gasteiger partial charge in [-0.3, -0.25) is 34.4 Å². The van der Waals surface area contributed by atoms with Gasteiger partial charge in [0.05, 0.1) is 56.7 Å². The highest BCUT2D eigenvalue weighted by atomic mass is 79.9. The van der Waals surface area contributed by atoms with Gasteiger partial charge in [0.1, 0.15) is 20.4 Å². The number of nitro benzene ring substituents is 2. The monoisotopic (exact) mass is 1330 g/mol. The van der Waals surface area contributed by atoms with Crippen molar-refractivity contribution in [3.63, 3.8) is 0 Å². The molecule has 1 amide bonds. The number of benzene rings is 8. The number of hydrogen-bond donors (Lipinski definition) is 3. The lowest BCUT2D eigenvalue weighted by atomic mass is 9.98. The Labute approximate surface area is 530 Å². The van der Waals surface area contributed by atoms with E-state index in [4.69, 9.17) is 15.2 Å². The van der Waals surface area contributed by atoms with Crippen LogP contribution in [-0.4, -0.2) is 69.5 Å². The Balaban J connectivity index is 0.000000199. The van der Waals surface area contributed by atoms with E-state index in [1.165, 1.54) is 24.3 Å². The lowest BCUT2D eigenvalue weighted by Gasteiger charge is -2.20. The molecule has 0 saturated heterocycles. The molecule has 21 heteroatoms. The Bertz CT molecular complexity index is 4250. The van der Waals surface area contributed by atoms with Crippen molar-refractivity contribution in [1.82, 2.24) is 24.9 Å². The maximum Gasteiger partial charge on any atom is 0.339 e. The first-order valence-electron chi connectivity index (χ1n) is 28.1. The first kappa shape index (κ1) is 65.3. The van der Waals surface area contributed by atoms with Crippen LogP contribution in [0.3, 0.4) is 0 Å². The van der Waals surface area contributed by atoms with Gasteiger partial charge in [-0.05, 0) is 180 Å². The molecule has 0 spiro atoms. The van der Waals surface area contributed by atoms with Gasteiger partial charge in [0.25, 0.3) is 17.3 Å². The molecule has 0 fully saturated rings. The van der Waals surface area contributed by atoms with Crippen LogP contribution >= 0.6 is 31.9 Å². The van der Waals surface area contributed by atoms with Crippen molar-refractivity contribution in [1.29, 1.82) is 0 Å². The number of carbonyl (C=O) groups excluding carboxylic acids is 3. The first-order valence-corrected chi connectivity index (χ1v) is 29.7. The van der Waals surface area contributed by atoms with Crippen LogP contribution in [0.1, 0.15) is 131 Å². The Kier molecular flexibility index (Phi) is 20.5. The molecule has 0 radical (unpaired) electrons. The predicted octanol–water partition coefficient (Wildman–Crippen LogP) is 15.7. The van der Waals surface area contributed by atoms with Crippen LogP contribution in [0.4, 0.5) is 11.4 Å². The number of halogens is 2. The molecule has 10 aromatic rings. The van der Waals surface area contributed by atoms with Gasteiger partial charge >= 0.3 is 17.9 Å². The second-order valence-electron chi connectivity index (χ2n) is 22.8. The van der Waals surface area contributed by atoms with Gasteiger partial charge in [-0.25, -0.2) is 14.4 Å². The van der Waals surface area contributed by atoms with E-state index in [2.05, 4.69) is 47.4 Å². The van der Waals surface area contributed by atoms with Gasteiger partial charge in [-0.2, -0.15) is 10.2 Å². The largest absolute Gasteiger partial charge is 0.478 e. The van der Waals surface area contributed by atoms with Crippen molar-refractivity contribution in [3.8, 4) is 22.3 Å². The predicted molar refractivity (Wildman–Crippen MR) is 349 cm³/mol. The minimum atomic E-state index is -0.973. The molecule has 89 heavy (non-hydrogen) atoms. The minimum Gasteiger partial charge on any atom is -0.478 e. The number of carboxylic acids is 1. The molecule has 0 saturated carbocycles. The number of non-ortho nitro benzene ring substituents is 2. The van der Waals surface area contributed by atoms with E-state index >= 15 is 0 Å². The third-order valence-corrected chi connectivity index (χ3v) is 15.0. The number of aromatic nitrogens is 4. The third kappa shape index (κ3) is 16.9. The number of amides is 1. The summed E-state index contributed by atoms with van der Waals surface area (Å²) in [4.78, 5) is 70.1. The highest BCUT2D eigenvalue weighted by Gasteiger charge is 2.24. The summed E-state index contributed by atoms with van der Waals surface area (Å²) in [6.45, 7) is 15.8. The zero-order chi connectivity index (χ0) is 64.5. The third-order valence-electron chi connectivity index (χ3n) is 13.8. The fourth-order valence-electron chi connectivity index (χ4n) is 9.36. The first-order chi connectivity index (χ1) is 42.1. The van der Waals surface area contributed by atoms with Crippen LogP contribution in [0.15, 0.2) is 191 Å². The number of nitrogens with two attached hydrogens (primary N) is 1. The van der Waals surface area contributed by atoms with Crippen LogP contribution < -0.4 is 11.1 Å². The molecule has 2 heterocycles. The molecule has 2 aromatic heterocycles. The zero-order valence-electron chi connectivity index (χ0n) is 49.9. The Hall–Kier alpha value is -9.70. The molecule has 0 aliphatic carbocycles. The fraction of sp³-hybridized carbons (Fsp3) is 0.206. The average Bonchev–Trinajstić information content (AvgIpc) is 2.49. The number of aromatic carboxylic acids is 1. The van der Waals surface area contributed by atoms with Crippen molar-refractivity contribution in [2.75, 3.05) is 0 Å². The molecular formula is C68H64Br2N8O11. The van der Waals surface area contributed by atoms with Crippen molar-refractivity contribution >= 4 is 88.9 Å². The van der Waals surface area contributed by atoms with E-state index in [-0.39, 0.29) is 46.9 Å². The molecule has 0 unspecified atom stereocenters. The summed E-state index contributed by atoms with van der Waals surface area (Å²) in [5.74, 6) is -1.95. The number of ether oxygens (including phenoxy) is 2. The summed E-state index contributed by atoms with van der Waals surface area (Å²) in [6.07, 6.45) is 0. The van der Waals surface area contributed by atoms with Gasteiger partial charge in [-0.1, -0.05) is 109 Å². The second-order valence-corrected chi connectivity index (χ2v) is 24.3. The highest BCUT2D eigenvalue weighted by molar-refractivity contribution is 9.10. The van der Waals surface area contributed by atoms with Crippen LogP contribution in [-0.2, 0) is 22.6 Å². The molecule has 2 atom stereocenters. The lowest BCUT2D eigenvalue weighted by molar-refractivity contribution is -0.385. The number of hydrogen-bond acceptors (Lipinski definition) is 13. The van der Waals surface area contributed by atoms with E-state index in [1.807, 2.05) is 156 Å². The number of carboxylic acid groups (broad SMARTS) is 1. The molecule has 10 rings (SSSR count). The van der Waals surface area contributed by atoms with Crippen LogP contribution in [0, 0.1) is 20.2 Å². The van der Waals surface area contributed by atoms with Crippen molar-refractivity contribution < 1.29 is 43.6 Å². The van der Waals surface area contributed by atoms with Gasteiger partial charge in [-0.15, -0.1) is 0 Å². The van der Waals surface area contributed by atoms with Crippen molar-refractivity contribution in [2.24, 2.45) is 5.73 Å². The fourth-order valence-corrected chi connectivity index (χ4v) is 10.4. The van der Waals surface area contributed by atoms with Crippen molar-refractivity contribution in [3.05, 3.63) is 256 Å². The van der Waals surface area contributed by atoms with E-state index in [1.54, 1.807) is 66.7 Å². The molecule has 0 bridgehead atoms. The SMILES string of the molecule is CC(C)(C)OC(=O)c1ccccc1-c1ccc(Cn2nc(Br)c3cc(C(=O)O)ccc32)cc1.C[C@H](N)c1ccc([N+](=O)[O-])cc1.C[C@H](NC(=O)c1ccc2c(c1)c(Br)nn2Cc1ccc(-c2ccccc2C(=O)OC(C)(C)C)cc1)c1ccc([N+](=O)[O-])cc1. The Morgan fingerprint density at radius 1 is 0.562 bits per heavy atom. The number of nitrogens with zero attached hydrogens (tertiary/aromatic N) is 6. The highest BCUT2D eigenvalue weighted by Crippen LogP contribution is 2.32. The topological polar surface area (TPSA) is 267 Å².